The lowest BCUT2D eigenvalue weighted by atomic mass is 9.88. The molecular weight excluding hydrogens is 202 g/mol. The van der Waals surface area contributed by atoms with Crippen LogP contribution in [0.4, 0.5) is 0 Å². The van der Waals surface area contributed by atoms with Crippen LogP contribution in [-0.4, -0.2) is 18.8 Å². The van der Waals surface area contributed by atoms with Crippen molar-refractivity contribution in [2.24, 2.45) is 5.73 Å². The third-order valence-electron chi connectivity index (χ3n) is 3.29. The summed E-state index contributed by atoms with van der Waals surface area (Å²) in [5.41, 5.74) is 9.53. The van der Waals surface area contributed by atoms with Gasteiger partial charge in [0.25, 0.3) is 0 Å². The van der Waals surface area contributed by atoms with Gasteiger partial charge in [-0.25, -0.2) is 0 Å². The molecule has 0 spiro atoms. The van der Waals surface area contributed by atoms with Crippen molar-refractivity contribution in [1.82, 2.24) is 0 Å². The highest BCUT2D eigenvalue weighted by atomic mass is 16.5. The number of aliphatic hydroxyl groups excluding tert-OH is 1. The highest BCUT2D eigenvalue weighted by Gasteiger charge is 2.17. The van der Waals surface area contributed by atoms with Gasteiger partial charge in [-0.1, -0.05) is 6.07 Å². The molecular formula is C13H19NO2. The van der Waals surface area contributed by atoms with E-state index in [1.165, 1.54) is 24.0 Å². The zero-order valence-corrected chi connectivity index (χ0v) is 9.70. The number of fused-ring (bicyclic) bond motifs is 1. The van der Waals surface area contributed by atoms with Crippen molar-refractivity contribution in [3.8, 4) is 5.75 Å². The van der Waals surface area contributed by atoms with Gasteiger partial charge >= 0.3 is 0 Å². The lowest BCUT2D eigenvalue weighted by Crippen LogP contribution is -2.17. The van der Waals surface area contributed by atoms with E-state index in [0.717, 1.165) is 24.2 Å². The van der Waals surface area contributed by atoms with Gasteiger partial charge in [0, 0.05) is 5.56 Å². The summed E-state index contributed by atoms with van der Waals surface area (Å²) in [5.74, 6) is 0.808. The summed E-state index contributed by atoms with van der Waals surface area (Å²) in [7, 11) is 1.65. The van der Waals surface area contributed by atoms with E-state index in [-0.39, 0.29) is 12.6 Å². The maximum Gasteiger partial charge on any atom is 0.124 e. The van der Waals surface area contributed by atoms with Gasteiger partial charge in [0.2, 0.25) is 0 Å². The second kappa shape index (κ2) is 4.85. The van der Waals surface area contributed by atoms with Crippen LogP contribution in [0, 0.1) is 0 Å². The van der Waals surface area contributed by atoms with E-state index in [9.17, 15) is 0 Å². The molecule has 16 heavy (non-hydrogen) atoms. The number of hydrogen-bond donors (Lipinski definition) is 2. The highest BCUT2D eigenvalue weighted by Crippen LogP contribution is 2.31. The topological polar surface area (TPSA) is 55.5 Å². The van der Waals surface area contributed by atoms with E-state index in [4.69, 9.17) is 15.6 Å². The van der Waals surface area contributed by atoms with Gasteiger partial charge < -0.3 is 15.6 Å². The van der Waals surface area contributed by atoms with Gasteiger partial charge in [-0.05, 0) is 42.9 Å². The summed E-state index contributed by atoms with van der Waals surface area (Å²) >= 11 is 0. The minimum absolute atomic E-state index is 0.0465. The summed E-state index contributed by atoms with van der Waals surface area (Å²) in [6, 6.07) is 3.84. The summed E-state index contributed by atoms with van der Waals surface area (Å²) in [6.45, 7) is -0.0465. The maximum absolute atomic E-state index is 9.13. The summed E-state index contributed by atoms with van der Waals surface area (Å²) in [6.07, 6.45) is 4.74. The van der Waals surface area contributed by atoms with Crippen LogP contribution < -0.4 is 10.5 Å². The average molecular weight is 221 g/mol. The Kier molecular flexibility index (Phi) is 3.46. The molecule has 0 heterocycles. The molecule has 3 N–H and O–H groups in total. The van der Waals surface area contributed by atoms with E-state index in [1.54, 1.807) is 7.11 Å². The molecule has 1 aliphatic carbocycles. The maximum atomic E-state index is 9.13. The first-order valence-electron chi connectivity index (χ1n) is 5.82. The first-order valence-corrected chi connectivity index (χ1v) is 5.82. The Labute approximate surface area is 96.2 Å². The lowest BCUT2D eigenvalue weighted by molar-refractivity contribution is 0.264. The molecule has 0 saturated carbocycles. The molecule has 0 unspecified atom stereocenters. The quantitative estimate of drug-likeness (QED) is 0.814. The van der Waals surface area contributed by atoms with Crippen molar-refractivity contribution in [3.63, 3.8) is 0 Å². The molecule has 1 aliphatic rings. The van der Waals surface area contributed by atoms with Crippen LogP contribution in [0.15, 0.2) is 12.1 Å². The second-order valence-electron chi connectivity index (χ2n) is 4.36. The van der Waals surface area contributed by atoms with Crippen molar-refractivity contribution < 1.29 is 9.84 Å². The molecule has 1 aromatic carbocycles. The summed E-state index contributed by atoms with van der Waals surface area (Å²) in [5, 5.41) is 9.13. The fourth-order valence-electron chi connectivity index (χ4n) is 2.35. The van der Waals surface area contributed by atoms with Gasteiger partial charge in [-0.2, -0.15) is 0 Å². The number of nitrogens with two attached hydrogens (primary N) is 1. The highest BCUT2D eigenvalue weighted by molar-refractivity contribution is 5.45. The van der Waals surface area contributed by atoms with E-state index in [2.05, 4.69) is 12.1 Å². The van der Waals surface area contributed by atoms with E-state index in [1.807, 2.05) is 0 Å². The predicted octanol–water partition coefficient (Wildman–Crippen LogP) is 1.57. The standard InChI is InChI=1S/C13H19NO2/c1-16-13-7-10-5-3-2-4-9(10)6-11(13)12(14)8-15/h6-7,12,15H,2-5,8,14H2,1H3/t12-/m1/s1. The molecule has 0 aromatic heterocycles. The zero-order chi connectivity index (χ0) is 11.5. The van der Waals surface area contributed by atoms with Gasteiger partial charge in [-0.3, -0.25) is 0 Å². The molecule has 3 nitrogen and oxygen atoms in total. The molecule has 0 amide bonds. The summed E-state index contributed by atoms with van der Waals surface area (Å²) in [4.78, 5) is 0. The smallest absolute Gasteiger partial charge is 0.124 e. The minimum Gasteiger partial charge on any atom is -0.496 e. The number of aryl methyl sites for hydroxylation is 2. The van der Waals surface area contributed by atoms with Crippen molar-refractivity contribution in [2.45, 2.75) is 31.7 Å². The Morgan fingerprint density at radius 2 is 1.94 bits per heavy atom. The Hall–Kier alpha value is -1.06. The minimum atomic E-state index is -0.345. The third-order valence-corrected chi connectivity index (χ3v) is 3.29. The van der Waals surface area contributed by atoms with Crippen LogP contribution in [0.1, 0.15) is 35.6 Å². The molecule has 1 aromatic rings. The SMILES string of the molecule is COc1cc2c(cc1[C@H](N)CO)CCCC2. The number of ether oxygens (including phenoxy) is 1. The average Bonchev–Trinajstić information content (AvgIpc) is 2.36. The fourth-order valence-corrected chi connectivity index (χ4v) is 2.35. The molecule has 1 atom stereocenters. The number of methoxy groups -OCH3 is 1. The van der Waals surface area contributed by atoms with E-state index >= 15 is 0 Å². The van der Waals surface area contributed by atoms with Crippen LogP contribution >= 0.6 is 0 Å². The lowest BCUT2D eigenvalue weighted by Gasteiger charge is -2.21. The second-order valence-corrected chi connectivity index (χ2v) is 4.36. The van der Waals surface area contributed by atoms with Gasteiger partial charge in [0.05, 0.1) is 19.8 Å². The first kappa shape index (κ1) is 11.4. The van der Waals surface area contributed by atoms with Crippen LogP contribution in [-0.2, 0) is 12.8 Å². The number of rotatable bonds is 3. The van der Waals surface area contributed by atoms with Crippen LogP contribution in [0.3, 0.4) is 0 Å². The number of aliphatic hydroxyl groups is 1. The molecule has 3 heteroatoms. The van der Waals surface area contributed by atoms with Crippen molar-refractivity contribution in [3.05, 3.63) is 28.8 Å². The fraction of sp³-hybridized carbons (Fsp3) is 0.538. The van der Waals surface area contributed by atoms with Crippen LogP contribution in [0.25, 0.3) is 0 Å². The molecule has 2 rings (SSSR count). The van der Waals surface area contributed by atoms with Crippen molar-refractivity contribution in [2.75, 3.05) is 13.7 Å². The van der Waals surface area contributed by atoms with Gasteiger partial charge in [0.15, 0.2) is 0 Å². The third kappa shape index (κ3) is 2.06. The monoisotopic (exact) mass is 221 g/mol. The largest absolute Gasteiger partial charge is 0.496 e. The van der Waals surface area contributed by atoms with Crippen molar-refractivity contribution in [1.29, 1.82) is 0 Å². The summed E-state index contributed by atoms with van der Waals surface area (Å²) < 4.78 is 5.34. The Bertz CT molecular complexity index is 376. The van der Waals surface area contributed by atoms with Crippen LogP contribution in [0.5, 0.6) is 5.75 Å². The van der Waals surface area contributed by atoms with Gasteiger partial charge in [0.1, 0.15) is 5.75 Å². The Morgan fingerprint density at radius 1 is 1.31 bits per heavy atom. The molecule has 0 radical (unpaired) electrons. The zero-order valence-electron chi connectivity index (χ0n) is 9.70. The Morgan fingerprint density at radius 3 is 2.50 bits per heavy atom. The Balaban J connectivity index is 2.43. The molecule has 0 saturated heterocycles. The predicted molar refractivity (Wildman–Crippen MR) is 63.7 cm³/mol. The number of benzene rings is 1. The normalized spacial score (nSPS) is 16.7. The van der Waals surface area contributed by atoms with Gasteiger partial charge in [-0.15, -0.1) is 0 Å². The molecule has 0 fully saturated rings. The number of hydrogen-bond acceptors (Lipinski definition) is 3. The van der Waals surface area contributed by atoms with E-state index < -0.39 is 0 Å². The molecule has 0 aliphatic heterocycles. The molecule has 88 valence electrons. The van der Waals surface area contributed by atoms with E-state index in [0.29, 0.717) is 0 Å². The molecule has 0 bridgehead atoms. The van der Waals surface area contributed by atoms with Crippen LogP contribution in [0.2, 0.25) is 0 Å². The first-order chi connectivity index (χ1) is 7.76. The van der Waals surface area contributed by atoms with Crippen molar-refractivity contribution >= 4 is 0 Å².